The molecule has 3 aromatic carbocycles. The molecule has 4 aromatic rings. The molecule has 0 N–H and O–H groups in total. The van der Waals surface area contributed by atoms with Crippen LogP contribution in [0.3, 0.4) is 0 Å². The number of aryl methyl sites for hydroxylation is 1. The van der Waals surface area contributed by atoms with Crippen LogP contribution in [0, 0.1) is 0 Å². The maximum absolute atomic E-state index is 13.3. The van der Waals surface area contributed by atoms with Gasteiger partial charge in [-0.15, -0.1) is 0 Å². The molecule has 0 fully saturated rings. The van der Waals surface area contributed by atoms with Crippen molar-refractivity contribution >= 4 is 39.1 Å². The average Bonchev–Trinajstić information content (AvgIpc) is 2.90. The minimum atomic E-state index is -0.310. The van der Waals surface area contributed by atoms with Gasteiger partial charge >= 0.3 is 5.97 Å². The SMILES string of the molecule is CCCN1c2cccc(OC)c2-c2c3c(OC)cccc3[n+](CCC)c3c(C(=O)OCC)ccc1c23. The van der Waals surface area contributed by atoms with Gasteiger partial charge in [-0.05, 0) is 43.7 Å². The third kappa shape index (κ3) is 3.47. The van der Waals surface area contributed by atoms with E-state index < -0.39 is 0 Å². The Morgan fingerprint density at radius 2 is 1.58 bits per heavy atom. The lowest BCUT2D eigenvalue weighted by Gasteiger charge is -2.34. The van der Waals surface area contributed by atoms with Gasteiger partial charge in [-0.3, -0.25) is 0 Å². The van der Waals surface area contributed by atoms with Gasteiger partial charge in [-0.25, -0.2) is 4.79 Å². The van der Waals surface area contributed by atoms with Crippen LogP contribution >= 0.6 is 0 Å². The van der Waals surface area contributed by atoms with E-state index in [9.17, 15) is 4.79 Å². The molecule has 1 aliphatic rings. The molecule has 2 heterocycles. The summed E-state index contributed by atoms with van der Waals surface area (Å²) < 4.78 is 19.7. The van der Waals surface area contributed by atoms with E-state index >= 15 is 0 Å². The quantitative estimate of drug-likeness (QED) is 0.164. The Kier molecular flexibility index (Phi) is 6.44. The maximum atomic E-state index is 13.3. The molecule has 0 aliphatic carbocycles. The number of methoxy groups -OCH3 is 2. The number of fused-ring (bicyclic) bond motifs is 4. The molecule has 186 valence electrons. The van der Waals surface area contributed by atoms with Gasteiger partial charge in [0.15, 0.2) is 0 Å². The summed E-state index contributed by atoms with van der Waals surface area (Å²) in [6.07, 6.45) is 1.88. The molecular formula is C30H33N2O4+. The van der Waals surface area contributed by atoms with Crippen LogP contribution in [0.15, 0.2) is 48.5 Å². The van der Waals surface area contributed by atoms with E-state index in [0.29, 0.717) is 12.2 Å². The smallest absolute Gasteiger partial charge is 0.344 e. The van der Waals surface area contributed by atoms with Gasteiger partial charge in [0.05, 0.1) is 43.0 Å². The fourth-order valence-electron chi connectivity index (χ4n) is 5.58. The summed E-state index contributed by atoms with van der Waals surface area (Å²) in [5.41, 5.74) is 6.70. The number of hydrogen-bond donors (Lipinski definition) is 0. The number of nitrogens with zero attached hydrogens (tertiary/aromatic N) is 2. The predicted molar refractivity (Wildman–Crippen MR) is 144 cm³/mol. The summed E-state index contributed by atoms with van der Waals surface area (Å²) in [5.74, 6) is 1.28. The number of hydrogen-bond acceptors (Lipinski definition) is 5. The number of pyridine rings is 1. The molecule has 0 spiro atoms. The third-order valence-corrected chi connectivity index (χ3v) is 6.89. The maximum Gasteiger partial charge on any atom is 0.344 e. The average molecular weight is 486 g/mol. The van der Waals surface area contributed by atoms with Crippen molar-refractivity contribution < 1.29 is 23.6 Å². The Bertz CT molecular complexity index is 1480. The molecule has 1 aromatic heterocycles. The third-order valence-electron chi connectivity index (χ3n) is 6.89. The van der Waals surface area contributed by atoms with Gasteiger partial charge in [0.1, 0.15) is 23.6 Å². The number of carbonyl (C=O) groups excluding carboxylic acids is 1. The number of ether oxygens (including phenoxy) is 3. The van der Waals surface area contributed by atoms with Crippen LogP contribution in [-0.4, -0.2) is 33.3 Å². The number of benzene rings is 3. The monoisotopic (exact) mass is 485 g/mol. The Morgan fingerprint density at radius 3 is 2.28 bits per heavy atom. The molecule has 0 unspecified atom stereocenters. The van der Waals surface area contributed by atoms with E-state index in [4.69, 9.17) is 14.2 Å². The Labute approximate surface area is 212 Å². The van der Waals surface area contributed by atoms with Crippen LogP contribution in [-0.2, 0) is 11.3 Å². The van der Waals surface area contributed by atoms with E-state index in [-0.39, 0.29) is 5.97 Å². The van der Waals surface area contributed by atoms with Crippen LogP contribution < -0.4 is 18.9 Å². The van der Waals surface area contributed by atoms with Crippen molar-refractivity contribution in [3.63, 3.8) is 0 Å². The van der Waals surface area contributed by atoms with E-state index in [0.717, 1.165) is 81.7 Å². The second kappa shape index (κ2) is 9.69. The summed E-state index contributed by atoms with van der Waals surface area (Å²) in [4.78, 5) is 15.6. The first-order valence-electron chi connectivity index (χ1n) is 12.7. The summed E-state index contributed by atoms with van der Waals surface area (Å²) >= 11 is 0. The Morgan fingerprint density at radius 1 is 0.833 bits per heavy atom. The van der Waals surface area contributed by atoms with Crippen molar-refractivity contribution in [2.45, 2.75) is 40.2 Å². The van der Waals surface area contributed by atoms with Gasteiger partial charge in [-0.2, -0.15) is 4.57 Å². The molecule has 1 aliphatic heterocycles. The molecule has 0 saturated carbocycles. The van der Waals surface area contributed by atoms with E-state index in [2.05, 4.69) is 41.5 Å². The van der Waals surface area contributed by atoms with Crippen molar-refractivity contribution in [3.05, 3.63) is 54.1 Å². The topological polar surface area (TPSA) is 51.9 Å². The highest BCUT2D eigenvalue weighted by Gasteiger charge is 2.37. The van der Waals surface area contributed by atoms with Crippen LogP contribution in [0.1, 0.15) is 44.0 Å². The minimum Gasteiger partial charge on any atom is -0.496 e. The summed E-state index contributed by atoms with van der Waals surface area (Å²) in [6, 6.07) is 16.3. The van der Waals surface area contributed by atoms with Crippen molar-refractivity contribution in [3.8, 4) is 22.6 Å². The summed E-state index contributed by atoms with van der Waals surface area (Å²) in [6.45, 7) is 8.09. The highest BCUT2D eigenvalue weighted by atomic mass is 16.5. The van der Waals surface area contributed by atoms with Crippen molar-refractivity contribution in [1.82, 2.24) is 0 Å². The predicted octanol–water partition coefficient (Wildman–Crippen LogP) is 6.41. The molecule has 6 nitrogen and oxygen atoms in total. The molecule has 0 bridgehead atoms. The molecule has 5 rings (SSSR count). The molecule has 0 atom stereocenters. The zero-order valence-corrected chi connectivity index (χ0v) is 21.7. The lowest BCUT2D eigenvalue weighted by molar-refractivity contribution is -0.645. The van der Waals surface area contributed by atoms with Crippen molar-refractivity contribution in [2.24, 2.45) is 0 Å². The van der Waals surface area contributed by atoms with Crippen LogP contribution in [0.2, 0.25) is 0 Å². The first kappa shape index (κ1) is 23.9. The normalized spacial score (nSPS) is 12.1. The van der Waals surface area contributed by atoms with E-state index in [1.807, 2.05) is 37.3 Å². The summed E-state index contributed by atoms with van der Waals surface area (Å²) in [5, 5.41) is 2.04. The van der Waals surface area contributed by atoms with Gasteiger partial charge in [0, 0.05) is 30.2 Å². The van der Waals surface area contributed by atoms with Gasteiger partial charge in [-0.1, -0.05) is 26.0 Å². The van der Waals surface area contributed by atoms with Crippen LogP contribution in [0.25, 0.3) is 32.9 Å². The number of rotatable bonds is 8. The standard InChI is InChI=1S/C30H33N2O4/c1-6-17-31-20-11-9-13-23(34-4)25(20)28-26-21(12-10-14-24(26)35-5)32(18-7-2)29-19(30(33)36-8-3)15-16-22(31)27(28)29/h9-16H,6-8,17-18H2,1-5H3/q+1. The zero-order valence-electron chi connectivity index (χ0n) is 21.7. The van der Waals surface area contributed by atoms with Gasteiger partial charge in [0.2, 0.25) is 11.0 Å². The first-order chi connectivity index (χ1) is 17.6. The Hall–Kier alpha value is -3.80. The lowest BCUT2D eigenvalue weighted by atomic mass is 9.87. The lowest BCUT2D eigenvalue weighted by Crippen LogP contribution is -2.38. The fourth-order valence-corrected chi connectivity index (χ4v) is 5.58. The van der Waals surface area contributed by atoms with Crippen LogP contribution in [0.5, 0.6) is 11.5 Å². The summed E-state index contributed by atoms with van der Waals surface area (Å²) in [7, 11) is 3.42. The van der Waals surface area contributed by atoms with Crippen LogP contribution in [0.4, 0.5) is 11.4 Å². The van der Waals surface area contributed by atoms with Gasteiger partial charge < -0.3 is 19.1 Å². The number of esters is 1. The Balaban J connectivity index is 2.10. The number of carbonyl (C=O) groups is 1. The second-order valence-corrected chi connectivity index (χ2v) is 8.96. The molecule has 6 heteroatoms. The second-order valence-electron chi connectivity index (χ2n) is 8.96. The first-order valence-corrected chi connectivity index (χ1v) is 12.7. The fraction of sp³-hybridized carbons (Fsp3) is 0.333. The number of aromatic nitrogens is 1. The largest absolute Gasteiger partial charge is 0.496 e. The van der Waals surface area contributed by atoms with E-state index in [1.165, 1.54) is 0 Å². The highest BCUT2D eigenvalue weighted by molar-refractivity contribution is 6.22. The van der Waals surface area contributed by atoms with Crippen molar-refractivity contribution in [1.29, 1.82) is 0 Å². The highest BCUT2D eigenvalue weighted by Crippen LogP contribution is 2.54. The van der Waals surface area contributed by atoms with Crippen molar-refractivity contribution in [2.75, 3.05) is 32.3 Å². The van der Waals surface area contributed by atoms with E-state index in [1.54, 1.807) is 14.2 Å². The number of anilines is 2. The molecule has 0 saturated heterocycles. The minimum absolute atomic E-state index is 0.310. The molecular weight excluding hydrogens is 452 g/mol. The zero-order chi connectivity index (χ0) is 25.4. The van der Waals surface area contributed by atoms with Gasteiger partial charge in [0.25, 0.3) is 0 Å². The molecule has 0 radical (unpaired) electrons. The molecule has 36 heavy (non-hydrogen) atoms. The molecule has 0 amide bonds.